The van der Waals surface area contributed by atoms with Crippen LogP contribution >= 0.6 is 7.82 Å². The minimum Gasteiger partial charge on any atom is -0.373 e. The molecule has 1 fully saturated rings. The molecular formula is C5H11O5P. The average Bonchev–Trinajstić information content (AvgIpc) is 2.42. The Hall–Kier alpha value is 0.0700. The first kappa shape index (κ1) is 9.16. The number of phosphoric ester groups is 1. The Kier molecular flexibility index (Phi) is 2.67. The SMILES string of the molecule is CC(CC1CO1)OP(=O)(O)O. The van der Waals surface area contributed by atoms with E-state index in [1.54, 1.807) is 6.92 Å². The van der Waals surface area contributed by atoms with Gasteiger partial charge in [-0.05, 0) is 6.92 Å². The lowest BCUT2D eigenvalue weighted by molar-refractivity contribution is 0.132. The first-order chi connectivity index (χ1) is 4.97. The van der Waals surface area contributed by atoms with Crippen molar-refractivity contribution in [3.8, 4) is 0 Å². The predicted octanol–water partition coefficient (Wildman–Crippen LogP) is 0.273. The Morgan fingerprint density at radius 2 is 2.36 bits per heavy atom. The average molecular weight is 182 g/mol. The lowest BCUT2D eigenvalue weighted by Crippen LogP contribution is -2.09. The molecule has 0 amide bonds. The summed E-state index contributed by atoms with van der Waals surface area (Å²) in [6.07, 6.45) is 0.241. The van der Waals surface area contributed by atoms with E-state index in [1.165, 1.54) is 0 Å². The molecule has 0 saturated carbocycles. The standard InChI is InChI=1S/C5H11O5P/c1-4(2-5-3-9-5)10-11(6,7)8/h4-5H,2-3H2,1H3,(H2,6,7,8). The van der Waals surface area contributed by atoms with Gasteiger partial charge in [0, 0.05) is 6.42 Å². The Balaban J connectivity index is 2.19. The van der Waals surface area contributed by atoms with E-state index in [0.29, 0.717) is 13.0 Å². The lowest BCUT2D eigenvalue weighted by atomic mass is 10.2. The van der Waals surface area contributed by atoms with Gasteiger partial charge in [-0.2, -0.15) is 0 Å². The predicted molar refractivity (Wildman–Crippen MR) is 36.9 cm³/mol. The quantitative estimate of drug-likeness (QED) is 0.482. The second-order valence-electron chi connectivity index (χ2n) is 2.60. The number of rotatable bonds is 4. The van der Waals surface area contributed by atoms with Crippen molar-refractivity contribution in [2.45, 2.75) is 25.6 Å². The molecule has 1 aliphatic rings. The molecule has 2 unspecified atom stereocenters. The van der Waals surface area contributed by atoms with Crippen LogP contribution in [0.2, 0.25) is 0 Å². The summed E-state index contributed by atoms with van der Waals surface area (Å²) in [6, 6.07) is 0. The van der Waals surface area contributed by atoms with E-state index in [9.17, 15) is 4.57 Å². The maximum Gasteiger partial charge on any atom is 0.469 e. The molecule has 2 N–H and O–H groups in total. The monoisotopic (exact) mass is 182 g/mol. The maximum atomic E-state index is 10.3. The van der Waals surface area contributed by atoms with Crippen LogP contribution in [-0.4, -0.2) is 28.6 Å². The number of epoxide rings is 1. The summed E-state index contributed by atoms with van der Waals surface area (Å²) in [5.74, 6) is 0. The fourth-order valence-electron chi connectivity index (χ4n) is 0.852. The summed E-state index contributed by atoms with van der Waals surface area (Å²) in [5.41, 5.74) is 0. The van der Waals surface area contributed by atoms with Crippen molar-refractivity contribution in [1.82, 2.24) is 0 Å². The minimum atomic E-state index is -4.31. The van der Waals surface area contributed by atoms with Crippen LogP contribution in [0, 0.1) is 0 Å². The van der Waals surface area contributed by atoms with Crippen LogP contribution in [0.25, 0.3) is 0 Å². The Morgan fingerprint density at radius 3 is 2.73 bits per heavy atom. The third-order valence-corrected chi connectivity index (χ3v) is 1.95. The smallest absolute Gasteiger partial charge is 0.373 e. The topological polar surface area (TPSA) is 79.3 Å². The van der Waals surface area contributed by atoms with Crippen LogP contribution < -0.4 is 0 Å². The zero-order valence-corrected chi connectivity index (χ0v) is 7.03. The first-order valence-corrected chi connectivity index (χ1v) is 4.86. The van der Waals surface area contributed by atoms with Gasteiger partial charge in [-0.15, -0.1) is 0 Å². The van der Waals surface area contributed by atoms with Crippen LogP contribution in [0.1, 0.15) is 13.3 Å². The van der Waals surface area contributed by atoms with E-state index in [0.717, 1.165) is 0 Å². The van der Waals surface area contributed by atoms with Crippen molar-refractivity contribution in [3.05, 3.63) is 0 Å². The second-order valence-corrected chi connectivity index (χ2v) is 3.79. The fourth-order valence-corrected chi connectivity index (χ4v) is 1.41. The van der Waals surface area contributed by atoms with Gasteiger partial charge < -0.3 is 14.5 Å². The summed E-state index contributed by atoms with van der Waals surface area (Å²) < 4.78 is 19.5. The largest absolute Gasteiger partial charge is 0.469 e. The van der Waals surface area contributed by atoms with E-state index < -0.39 is 13.9 Å². The number of ether oxygens (including phenoxy) is 1. The van der Waals surface area contributed by atoms with E-state index in [4.69, 9.17) is 14.5 Å². The molecule has 11 heavy (non-hydrogen) atoms. The molecule has 0 radical (unpaired) electrons. The molecule has 0 spiro atoms. The molecule has 5 nitrogen and oxygen atoms in total. The van der Waals surface area contributed by atoms with Crippen LogP contribution in [0.5, 0.6) is 0 Å². The molecule has 1 heterocycles. The third-order valence-electron chi connectivity index (χ3n) is 1.31. The molecule has 66 valence electrons. The van der Waals surface area contributed by atoms with Gasteiger partial charge in [-0.3, -0.25) is 4.52 Å². The zero-order chi connectivity index (χ0) is 8.48. The molecule has 6 heteroatoms. The van der Waals surface area contributed by atoms with Gasteiger partial charge in [0.15, 0.2) is 0 Å². The van der Waals surface area contributed by atoms with E-state index in [2.05, 4.69) is 4.52 Å². The summed E-state index contributed by atoms with van der Waals surface area (Å²) in [4.78, 5) is 16.7. The van der Waals surface area contributed by atoms with Crippen LogP contribution in [0.3, 0.4) is 0 Å². The molecule has 1 saturated heterocycles. The van der Waals surface area contributed by atoms with E-state index in [1.807, 2.05) is 0 Å². The minimum absolute atomic E-state index is 0.136. The van der Waals surface area contributed by atoms with Gasteiger partial charge in [0.25, 0.3) is 0 Å². The van der Waals surface area contributed by atoms with Crippen molar-refractivity contribution >= 4 is 7.82 Å². The van der Waals surface area contributed by atoms with Gasteiger partial charge in [-0.25, -0.2) is 4.57 Å². The van der Waals surface area contributed by atoms with Crippen molar-refractivity contribution < 1.29 is 23.6 Å². The highest BCUT2D eigenvalue weighted by molar-refractivity contribution is 7.46. The highest BCUT2D eigenvalue weighted by atomic mass is 31.2. The Bertz CT molecular complexity index is 172. The summed E-state index contributed by atoms with van der Waals surface area (Å²) in [5, 5.41) is 0. The molecule has 0 bridgehead atoms. The molecule has 0 aromatic heterocycles. The molecule has 0 aromatic rings. The van der Waals surface area contributed by atoms with E-state index >= 15 is 0 Å². The van der Waals surface area contributed by atoms with Crippen molar-refractivity contribution in [2.75, 3.05) is 6.61 Å². The Labute approximate surface area is 64.6 Å². The van der Waals surface area contributed by atoms with Crippen LogP contribution in [0.4, 0.5) is 0 Å². The molecule has 2 atom stereocenters. The van der Waals surface area contributed by atoms with Crippen molar-refractivity contribution in [3.63, 3.8) is 0 Å². The second kappa shape index (κ2) is 3.21. The molecular weight excluding hydrogens is 171 g/mol. The first-order valence-electron chi connectivity index (χ1n) is 3.33. The number of phosphoric acid groups is 1. The van der Waals surface area contributed by atoms with Gasteiger partial charge in [0.1, 0.15) is 0 Å². The Morgan fingerprint density at radius 1 is 1.82 bits per heavy atom. The van der Waals surface area contributed by atoms with Crippen molar-refractivity contribution in [2.24, 2.45) is 0 Å². The summed E-state index contributed by atoms with van der Waals surface area (Å²) in [7, 11) is -4.31. The highest BCUT2D eigenvalue weighted by Crippen LogP contribution is 2.38. The van der Waals surface area contributed by atoms with Crippen LogP contribution in [-0.2, 0) is 13.8 Å². The number of hydrogen-bond acceptors (Lipinski definition) is 3. The number of hydrogen-bond donors (Lipinski definition) is 2. The molecule has 1 rings (SSSR count). The van der Waals surface area contributed by atoms with Crippen LogP contribution in [0.15, 0.2) is 0 Å². The lowest BCUT2D eigenvalue weighted by Gasteiger charge is -2.11. The highest BCUT2D eigenvalue weighted by Gasteiger charge is 2.28. The van der Waals surface area contributed by atoms with Gasteiger partial charge in [0.05, 0.1) is 18.8 Å². The van der Waals surface area contributed by atoms with Gasteiger partial charge in [0.2, 0.25) is 0 Å². The normalized spacial score (nSPS) is 26.6. The molecule has 1 aliphatic heterocycles. The van der Waals surface area contributed by atoms with Gasteiger partial charge in [-0.1, -0.05) is 0 Å². The molecule has 0 aromatic carbocycles. The maximum absolute atomic E-state index is 10.3. The third kappa shape index (κ3) is 4.50. The summed E-state index contributed by atoms with van der Waals surface area (Å²) >= 11 is 0. The molecule has 0 aliphatic carbocycles. The van der Waals surface area contributed by atoms with E-state index in [-0.39, 0.29) is 6.10 Å². The van der Waals surface area contributed by atoms with Crippen molar-refractivity contribution in [1.29, 1.82) is 0 Å². The fraction of sp³-hybridized carbons (Fsp3) is 1.00. The summed E-state index contributed by atoms with van der Waals surface area (Å²) in [6.45, 7) is 2.29. The van der Waals surface area contributed by atoms with Gasteiger partial charge >= 0.3 is 7.82 Å². The zero-order valence-electron chi connectivity index (χ0n) is 6.14.